The molecule has 25 heteroatoms. The Morgan fingerprint density at radius 2 is 1.89 bits per heavy atom. The number of imidazole rings is 2. The van der Waals surface area contributed by atoms with E-state index >= 15 is 4.39 Å². The van der Waals surface area contributed by atoms with Crippen LogP contribution in [0.15, 0.2) is 28.6 Å². The maximum atomic E-state index is 15.6. The number of aliphatic hydroxyl groups excluding tert-OH is 2. The normalized spacial score (nSPS) is 30.7. The molecule has 6 heterocycles. The molecule has 0 radical (unpaired) electrons. The molecule has 10 atom stereocenters. The zero-order valence-electron chi connectivity index (χ0n) is 22.3. The number of thiol groups is 1. The average Bonchev–Trinajstić information content (AvgIpc) is 3.73. The van der Waals surface area contributed by atoms with Gasteiger partial charge in [-0.3, -0.25) is 37.3 Å². The van der Waals surface area contributed by atoms with E-state index in [1.54, 1.807) is 0 Å². The van der Waals surface area contributed by atoms with E-state index in [-0.39, 0.29) is 28.3 Å². The van der Waals surface area contributed by atoms with Gasteiger partial charge in [-0.15, -0.1) is 11.8 Å². The van der Waals surface area contributed by atoms with Crippen molar-refractivity contribution in [3.8, 4) is 0 Å². The van der Waals surface area contributed by atoms with Gasteiger partial charge in [0.05, 0.1) is 43.5 Å². The Morgan fingerprint density at radius 3 is 2.60 bits per heavy atom. The highest BCUT2D eigenvalue weighted by molar-refractivity contribution is 8.44. The van der Waals surface area contributed by atoms with Gasteiger partial charge in [-0.1, -0.05) is 12.2 Å². The van der Waals surface area contributed by atoms with Crippen LogP contribution in [-0.2, 0) is 27.4 Å². The third-order valence-corrected chi connectivity index (χ3v) is 10.7. The number of aliphatic hydroxyl groups is 2. The monoisotopic (exact) mass is 711 g/mol. The number of hydrogen-bond donors (Lipinski definition) is 7. The van der Waals surface area contributed by atoms with Crippen LogP contribution in [0.4, 0.5) is 10.3 Å². The van der Waals surface area contributed by atoms with Crippen molar-refractivity contribution in [2.75, 3.05) is 18.9 Å². The molecule has 2 fully saturated rings. The quantitative estimate of drug-likeness (QED) is 0.0786. The molecule has 0 amide bonds. The third kappa shape index (κ3) is 6.10. The number of alkyl halides is 1. The SMILES string of the molecule is Nc1nc2c(ncn2[C@@H]2S[C@H](CO)[C@@H](O)[C@H]2OP(=O)(S)OC[C@H]2O[C@@H](n3cnc4c(=O)[nH]cnc43)[C@@H](F)[C@@H]2O[PH](=O)O)c(=O)[nH]1. The Kier molecular flexibility index (Phi) is 8.95. The van der Waals surface area contributed by atoms with Crippen LogP contribution in [-0.4, -0.2) is 103 Å². The van der Waals surface area contributed by atoms with Crippen molar-refractivity contribution >= 4 is 67.3 Å². The predicted octanol–water partition coefficient (Wildman–Crippen LogP) is -0.755. The molecule has 2 aliphatic heterocycles. The fourth-order valence-electron chi connectivity index (χ4n) is 5.05. The van der Waals surface area contributed by atoms with Gasteiger partial charge < -0.3 is 35.1 Å². The van der Waals surface area contributed by atoms with Crippen molar-refractivity contribution in [1.82, 2.24) is 39.0 Å². The first kappa shape index (κ1) is 32.3. The Bertz CT molecular complexity index is 1930. The number of ether oxygens (including phenoxy) is 1. The van der Waals surface area contributed by atoms with E-state index in [1.165, 1.54) is 10.9 Å². The van der Waals surface area contributed by atoms with Crippen molar-refractivity contribution in [2.45, 2.75) is 47.4 Å². The summed E-state index contributed by atoms with van der Waals surface area (Å²) in [6.07, 6.45) is -6.28. The van der Waals surface area contributed by atoms with Gasteiger partial charge in [-0.2, -0.15) is 4.98 Å². The van der Waals surface area contributed by atoms with E-state index < -0.39 is 86.8 Å². The first-order valence-corrected chi connectivity index (χ1v) is 17.7. The molecule has 0 aliphatic carbocycles. The maximum Gasteiger partial charge on any atom is 0.386 e. The van der Waals surface area contributed by atoms with Crippen molar-refractivity contribution in [2.24, 2.45) is 0 Å². The van der Waals surface area contributed by atoms with E-state index in [4.69, 9.17) is 24.0 Å². The zero-order chi connectivity index (χ0) is 32.2. The molecular weight excluding hydrogens is 687 g/mol. The zero-order valence-corrected chi connectivity index (χ0v) is 25.9. The highest BCUT2D eigenvalue weighted by Crippen LogP contribution is 2.59. The topological polar surface area (TPSA) is 285 Å². The molecule has 20 nitrogen and oxygen atoms in total. The number of anilines is 1. The molecule has 0 saturated carbocycles. The van der Waals surface area contributed by atoms with Gasteiger partial charge in [0.15, 0.2) is 34.7 Å². The second-order valence-corrected chi connectivity index (χ2v) is 14.8. The number of rotatable bonds is 10. The number of thioether (sulfide) groups is 1. The minimum absolute atomic E-state index is 0.0187. The lowest BCUT2D eigenvalue weighted by Gasteiger charge is -2.26. The Morgan fingerprint density at radius 1 is 1.18 bits per heavy atom. The number of nitrogens with two attached hydrogens (primary N) is 1. The number of fused-ring (bicyclic) bond motifs is 2. The van der Waals surface area contributed by atoms with E-state index in [0.29, 0.717) is 0 Å². The van der Waals surface area contributed by atoms with Crippen LogP contribution < -0.4 is 16.9 Å². The van der Waals surface area contributed by atoms with E-state index in [1.807, 2.05) is 0 Å². The molecule has 2 aliphatic rings. The van der Waals surface area contributed by atoms with Crippen LogP contribution in [0.1, 0.15) is 11.6 Å². The van der Waals surface area contributed by atoms with Gasteiger partial charge in [0.25, 0.3) is 11.1 Å². The smallest absolute Gasteiger partial charge is 0.386 e. The molecule has 0 aromatic carbocycles. The number of nitrogens with one attached hydrogen (secondary N) is 2. The van der Waals surface area contributed by atoms with Crippen molar-refractivity contribution in [1.29, 1.82) is 0 Å². The number of halogens is 1. The van der Waals surface area contributed by atoms with Crippen LogP contribution in [0, 0.1) is 0 Å². The Labute approximate surface area is 259 Å². The van der Waals surface area contributed by atoms with Crippen LogP contribution in [0.3, 0.4) is 0 Å². The lowest BCUT2D eigenvalue weighted by atomic mass is 10.1. The highest BCUT2D eigenvalue weighted by atomic mass is 32.7. The summed E-state index contributed by atoms with van der Waals surface area (Å²) in [7, 11) is -3.71. The molecular formula is C20H24FN9O11P2S2. The summed E-state index contributed by atoms with van der Waals surface area (Å²) in [4.78, 5) is 54.3. The van der Waals surface area contributed by atoms with Crippen LogP contribution >= 0.6 is 39.1 Å². The Hall–Kier alpha value is -2.69. The number of aromatic amines is 2. The van der Waals surface area contributed by atoms with Crippen molar-refractivity contribution in [3.05, 3.63) is 39.7 Å². The summed E-state index contributed by atoms with van der Waals surface area (Å²) in [5.74, 6) is -0.216. The minimum Gasteiger partial charge on any atom is -0.395 e. The fourth-order valence-corrected chi connectivity index (χ4v) is 8.53. The Balaban J connectivity index is 1.23. The molecule has 4 aromatic rings. The van der Waals surface area contributed by atoms with E-state index in [2.05, 4.69) is 42.2 Å². The van der Waals surface area contributed by atoms with Crippen LogP contribution in [0.25, 0.3) is 22.3 Å². The third-order valence-electron chi connectivity index (χ3n) is 7.02. The van der Waals surface area contributed by atoms with Gasteiger partial charge in [0, 0.05) is 0 Å². The lowest BCUT2D eigenvalue weighted by molar-refractivity contribution is -0.0435. The first-order chi connectivity index (χ1) is 21.4. The van der Waals surface area contributed by atoms with Gasteiger partial charge in [-0.05, 0) is 0 Å². The number of nitrogens with zero attached hydrogens (tertiary/aromatic N) is 6. The summed E-state index contributed by atoms with van der Waals surface area (Å²) < 4.78 is 64.6. The lowest BCUT2D eigenvalue weighted by Crippen LogP contribution is -2.35. The van der Waals surface area contributed by atoms with Gasteiger partial charge >= 0.3 is 15.1 Å². The first-order valence-electron chi connectivity index (χ1n) is 12.8. The number of H-pyrrole nitrogens is 2. The summed E-state index contributed by atoms with van der Waals surface area (Å²) in [6, 6.07) is 0. The number of nitrogen functional groups attached to an aromatic ring is 1. The van der Waals surface area contributed by atoms with E-state index in [0.717, 1.165) is 29.0 Å². The van der Waals surface area contributed by atoms with Gasteiger partial charge in [-0.25, -0.2) is 23.9 Å². The summed E-state index contributed by atoms with van der Waals surface area (Å²) in [5.41, 5.74) is 4.22. The van der Waals surface area contributed by atoms with Crippen LogP contribution in [0.5, 0.6) is 0 Å². The van der Waals surface area contributed by atoms with Crippen molar-refractivity contribution < 1.29 is 46.9 Å². The predicted molar refractivity (Wildman–Crippen MR) is 157 cm³/mol. The second-order valence-electron chi connectivity index (χ2n) is 9.76. The van der Waals surface area contributed by atoms with Gasteiger partial charge in [0.2, 0.25) is 5.95 Å². The van der Waals surface area contributed by atoms with Gasteiger partial charge in [0.1, 0.15) is 23.7 Å². The molecule has 244 valence electrons. The molecule has 7 N–H and O–H groups in total. The highest BCUT2D eigenvalue weighted by Gasteiger charge is 2.51. The number of hydrogen-bond acceptors (Lipinski definition) is 16. The molecule has 0 bridgehead atoms. The molecule has 4 aromatic heterocycles. The molecule has 45 heavy (non-hydrogen) atoms. The fraction of sp³-hybridized carbons (Fsp3) is 0.500. The summed E-state index contributed by atoms with van der Waals surface area (Å²) >= 11 is 5.00. The largest absolute Gasteiger partial charge is 0.395 e. The molecule has 2 unspecified atom stereocenters. The minimum atomic E-state index is -4.47. The van der Waals surface area contributed by atoms with E-state index in [9.17, 15) is 33.8 Å². The average molecular weight is 712 g/mol. The molecule has 0 spiro atoms. The van der Waals surface area contributed by atoms with Crippen molar-refractivity contribution in [3.63, 3.8) is 0 Å². The molecule has 6 rings (SSSR count). The van der Waals surface area contributed by atoms with Crippen LogP contribution in [0.2, 0.25) is 0 Å². The maximum absolute atomic E-state index is 15.6. The second kappa shape index (κ2) is 12.5. The summed E-state index contributed by atoms with van der Waals surface area (Å²) in [6.45, 7) is -5.73. The summed E-state index contributed by atoms with van der Waals surface area (Å²) in [5, 5.41) is 18.9. The standard InChI is InChI=1S/C20H24FN9O11P2S2/c21-8-12(40-42(35)36)6(39-18(8)29-4-25-9-14(29)23-3-24-16(9)33)2-38-43(37,44)41-13-11(32)7(1-31)45-19(13)30-5-26-10-15(30)27-20(22)28-17(10)34/h3-8,11-13,18-19,31-32,42H,1-2H2,(H,35,36)(H,37,44)(H,23,24,33)(H3,22,27,28,34)/t6-,7-,8+,11-,12-,13-,18-,19-,43?/m1/s1. The number of aromatic nitrogens is 8. The molecule has 2 saturated heterocycles.